The van der Waals surface area contributed by atoms with E-state index in [1.165, 1.54) is 0 Å². The molecule has 1 aliphatic carbocycles. The highest BCUT2D eigenvalue weighted by molar-refractivity contribution is 5.48. The second-order valence-corrected chi connectivity index (χ2v) is 2.92. The molecule has 1 aliphatic rings. The van der Waals surface area contributed by atoms with Gasteiger partial charge in [-0.2, -0.15) is 0 Å². The summed E-state index contributed by atoms with van der Waals surface area (Å²) in [6.07, 6.45) is 8.52. The SMILES string of the molecule is CCCN(C=O)C1C=CCC1. The first-order valence-electron chi connectivity index (χ1n) is 4.26. The van der Waals surface area contributed by atoms with Crippen LogP contribution in [0.2, 0.25) is 0 Å². The molecule has 0 radical (unpaired) electrons. The molecule has 1 atom stereocenters. The number of nitrogens with zero attached hydrogens (tertiary/aromatic N) is 1. The Morgan fingerprint density at radius 3 is 3.00 bits per heavy atom. The molecule has 0 saturated carbocycles. The lowest BCUT2D eigenvalue weighted by molar-refractivity contribution is -0.119. The van der Waals surface area contributed by atoms with Crippen LogP contribution in [0.4, 0.5) is 0 Å². The topological polar surface area (TPSA) is 20.3 Å². The molecule has 2 nitrogen and oxygen atoms in total. The van der Waals surface area contributed by atoms with Gasteiger partial charge in [-0.1, -0.05) is 19.1 Å². The maximum atomic E-state index is 10.6. The molecule has 11 heavy (non-hydrogen) atoms. The van der Waals surface area contributed by atoms with Gasteiger partial charge < -0.3 is 4.90 Å². The normalized spacial score (nSPS) is 22.1. The molecule has 0 bridgehead atoms. The molecular weight excluding hydrogens is 138 g/mol. The Morgan fingerprint density at radius 1 is 1.73 bits per heavy atom. The molecule has 0 aromatic carbocycles. The highest BCUT2D eigenvalue weighted by Gasteiger charge is 2.14. The molecule has 0 fully saturated rings. The minimum Gasteiger partial charge on any atom is -0.339 e. The van der Waals surface area contributed by atoms with Gasteiger partial charge in [0.15, 0.2) is 0 Å². The van der Waals surface area contributed by atoms with E-state index in [2.05, 4.69) is 19.1 Å². The lowest BCUT2D eigenvalue weighted by atomic mass is 10.2. The third kappa shape index (κ3) is 2.07. The minimum absolute atomic E-state index is 0.382. The number of carbonyl (C=O) groups is 1. The molecule has 0 saturated heterocycles. The van der Waals surface area contributed by atoms with Crippen molar-refractivity contribution in [1.29, 1.82) is 0 Å². The smallest absolute Gasteiger partial charge is 0.210 e. The predicted octanol–water partition coefficient (Wildman–Crippen LogP) is 1.57. The third-order valence-electron chi connectivity index (χ3n) is 2.03. The fourth-order valence-corrected chi connectivity index (χ4v) is 1.45. The Hall–Kier alpha value is -0.790. The van der Waals surface area contributed by atoms with Gasteiger partial charge >= 0.3 is 0 Å². The summed E-state index contributed by atoms with van der Waals surface area (Å²) in [4.78, 5) is 12.5. The van der Waals surface area contributed by atoms with Crippen LogP contribution >= 0.6 is 0 Å². The number of hydrogen-bond acceptors (Lipinski definition) is 1. The first-order chi connectivity index (χ1) is 5.38. The summed E-state index contributed by atoms with van der Waals surface area (Å²) < 4.78 is 0. The molecule has 1 rings (SSSR count). The van der Waals surface area contributed by atoms with E-state index in [0.717, 1.165) is 32.2 Å². The summed E-state index contributed by atoms with van der Waals surface area (Å²) >= 11 is 0. The maximum Gasteiger partial charge on any atom is 0.210 e. The molecule has 1 unspecified atom stereocenters. The average Bonchev–Trinajstić information content (AvgIpc) is 2.52. The van der Waals surface area contributed by atoms with Crippen LogP contribution in [0, 0.1) is 0 Å². The van der Waals surface area contributed by atoms with Crippen molar-refractivity contribution in [3.8, 4) is 0 Å². The van der Waals surface area contributed by atoms with E-state index < -0.39 is 0 Å². The van der Waals surface area contributed by atoms with Crippen LogP contribution in [0.25, 0.3) is 0 Å². The molecule has 0 N–H and O–H groups in total. The summed E-state index contributed by atoms with van der Waals surface area (Å²) in [6.45, 7) is 2.98. The lowest BCUT2D eigenvalue weighted by Gasteiger charge is -2.22. The van der Waals surface area contributed by atoms with Gasteiger partial charge in [0.1, 0.15) is 0 Å². The number of allylic oxidation sites excluding steroid dienone is 1. The van der Waals surface area contributed by atoms with Gasteiger partial charge in [0.2, 0.25) is 6.41 Å². The van der Waals surface area contributed by atoms with Gasteiger partial charge in [-0.15, -0.1) is 0 Å². The zero-order valence-electron chi connectivity index (χ0n) is 6.99. The van der Waals surface area contributed by atoms with Crippen molar-refractivity contribution in [2.24, 2.45) is 0 Å². The highest BCUT2D eigenvalue weighted by atomic mass is 16.1. The van der Waals surface area contributed by atoms with Gasteiger partial charge in [0, 0.05) is 12.6 Å². The predicted molar refractivity (Wildman–Crippen MR) is 45.2 cm³/mol. The molecule has 0 heterocycles. The van der Waals surface area contributed by atoms with E-state index in [-0.39, 0.29) is 0 Å². The summed E-state index contributed by atoms with van der Waals surface area (Å²) in [5, 5.41) is 0. The molecule has 1 amide bonds. The first kappa shape index (κ1) is 8.31. The van der Waals surface area contributed by atoms with Crippen molar-refractivity contribution in [3.63, 3.8) is 0 Å². The van der Waals surface area contributed by atoms with Crippen molar-refractivity contribution < 1.29 is 4.79 Å². The van der Waals surface area contributed by atoms with Crippen LogP contribution in [0.5, 0.6) is 0 Å². The molecule has 2 heteroatoms. The van der Waals surface area contributed by atoms with Crippen molar-refractivity contribution in [3.05, 3.63) is 12.2 Å². The third-order valence-corrected chi connectivity index (χ3v) is 2.03. The van der Waals surface area contributed by atoms with Gasteiger partial charge in [0.25, 0.3) is 0 Å². The van der Waals surface area contributed by atoms with Crippen LogP contribution < -0.4 is 0 Å². The van der Waals surface area contributed by atoms with E-state index in [4.69, 9.17) is 0 Å². The van der Waals surface area contributed by atoms with Crippen LogP contribution in [0.15, 0.2) is 12.2 Å². The van der Waals surface area contributed by atoms with Crippen LogP contribution in [-0.4, -0.2) is 23.9 Å². The molecule has 0 aliphatic heterocycles. The lowest BCUT2D eigenvalue weighted by Crippen LogP contribution is -2.31. The summed E-state index contributed by atoms with van der Waals surface area (Å²) in [7, 11) is 0. The monoisotopic (exact) mass is 153 g/mol. The van der Waals surface area contributed by atoms with Crippen LogP contribution in [0.1, 0.15) is 26.2 Å². The number of amides is 1. The molecule has 0 aromatic heterocycles. The van der Waals surface area contributed by atoms with E-state index in [9.17, 15) is 4.79 Å². The minimum atomic E-state index is 0.382. The van der Waals surface area contributed by atoms with Crippen LogP contribution in [0.3, 0.4) is 0 Å². The van der Waals surface area contributed by atoms with Crippen LogP contribution in [-0.2, 0) is 4.79 Å². The Labute approximate surface area is 67.9 Å². The Bertz CT molecular complexity index is 154. The van der Waals surface area contributed by atoms with E-state index in [1.807, 2.05) is 4.90 Å². The molecule has 0 aromatic rings. The first-order valence-corrected chi connectivity index (χ1v) is 4.26. The fourth-order valence-electron chi connectivity index (χ4n) is 1.45. The number of carbonyl (C=O) groups excluding carboxylic acids is 1. The largest absolute Gasteiger partial charge is 0.339 e. The highest BCUT2D eigenvalue weighted by Crippen LogP contribution is 2.14. The Morgan fingerprint density at radius 2 is 2.55 bits per heavy atom. The van der Waals surface area contributed by atoms with Gasteiger partial charge in [-0.05, 0) is 19.3 Å². The van der Waals surface area contributed by atoms with E-state index in [1.54, 1.807) is 0 Å². The zero-order chi connectivity index (χ0) is 8.10. The Balaban J connectivity index is 2.40. The van der Waals surface area contributed by atoms with Gasteiger partial charge in [0.05, 0.1) is 0 Å². The average molecular weight is 153 g/mol. The van der Waals surface area contributed by atoms with Gasteiger partial charge in [-0.3, -0.25) is 4.79 Å². The van der Waals surface area contributed by atoms with Gasteiger partial charge in [-0.25, -0.2) is 0 Å². The van der Waals surface area contributed by atoms with Crippen molar-refractivity contribution in [2.45, 2.75) is 32.2 Å². The second-order valence-electron chi connectivity index (χ2n) is 2.92. The van der Waals surface area contributed by atoms with Crippen molar-refractivity contribution >= 4 is 6.41 Å². The van der Waals surface area contributed by atoms with E-state index >= 15 is 0 Å². The number of rotatable bonds is 4. The zero-order valence-corrected chi connectivity index (χ0v) is 6.99. The van der Waals surface area contributed by atoms with Crippen molar-refractivity contribution in [2.75, 3.05) is 6.54 Å². The number of hydrogen-bond donors (Lipinski definition) is 0. The standard InChI is InChI=1S/C9H15NO/c1-2-7-10(8-11)9-5-3-4-6-9/h3,5,8-9H,2,4,6-7H2,1H3. The maximum absolute atomic E-state index is 10.6. The van der Waals surface area contributed by atoms with Crippen molar-refractivity contribution in [1.82, 2.24) is 4.90 Å². The quantitative estimate of drug-likeness (QED) is 0.443. The summed E-state index contributed by atoms with van der Waals surface area (Å²) in [5.74, 6) is 0. The molecule has 62 valence electrons. The Kier molecular flexibility index (Phi) is 3.14. The molecular formula is C9H15NO. The second kappa shape index (κ2) is 4.16. The summed E-state index contributed by atoms with van der Waals surface area (Å²) in [6, 6.07) is 0.382. The summed E-state index contributed by atoms with van der Waals surface area (Å²) in [5.41, 5.74) is 0. The molecule has 0 spiro atoms. The van der Waals surface area contributed by atoms with E-state index in [0.29, 0.717) is 6.04 Å². The fraction of sp³-hybridized carbons (Fsp3) is 0.667.